The van der Waals surface area contributed by atoms with Gasteiger partial charge in [-0.15, -0.1) is 0 Å². The summed E-state index contributed by atoms with van der Waals surface area (Å²) in [4.78, 5) is 2.38. The molecule has 2 heterocycles. The molecule has 0 bridgehead atoms. The van der Waals surface area contributed by atoms with Crippen LogP contribution in [0.3, 0.4) is 0 Å². The first-order valence-electron chi connectivity index (χ1n) is 8.46. The average molecular weight is 337 g/mol. The molecule has 25 heavy (non-hydrogen) atoms. The van der Waals surface area contributed by atoms with Crippen LogP contribution in [0.1, 0.15) is 17.2 Å². The maximum Gasteiger partial charge on any atom is 0.123 e. The second-order valence-corrected chi connectivity index (χ2v) is 6.26. The number of ether oxygens (including phenoxy) is 1. The highest BCUT2D eigenvalue weighted by atomic mass is 19.1. The van der Waals surface area contributed by atoms with Crippen LogP contribution in [0.2, 0.25) is 0 Å². The lowest BCUT2D eigenvalue weighted by Crippen LogP contribution is -2.37. The highest BCUT2D eigenvalue weighted by Crippen LogP contribution is 2.23. The molecule has 5 heteroatoms. The Bertz CT molecular complexity index is 800. The van der Waals surface area contributed by atoms with Crippen LogP contribution < -0.4 is 0 Å². The molecule has 3 aromatic rings. The average Bonchev–Trinajstić information content (AvgIpc) is 3.18. The lowest BCUT2D eigenvalue weighted by Gasteiger charge is -2.33. The van der Waals surface area contributed by atoms with Crippen molar-refractivity contribution in [3.63, 3.8) is 0 Å². The minimum Gasteiger partial charge on any atom is -0.371 e. The second-order valence-electron chi connectivity index (χ2n) is 6.26. The highest BCUT2D eigenvalue weighted by Gasteiger charge is 2.22. The van der Waals surface area contributed by atoms with Crippen molar-refractivity contribution in [3.05, 3.63) is 83.9 Å². The quantitative estimate of drug-likeness (QED) is 0.729. The molecule has 1 fully saturated rings. The predicted octanol–water partition coefficient (Wildman–Crippen LogP) is 3.58. The molecule has 0 N–H and O–H groups in total. The van der Waals surface area contributed by atoms with Crippen LogP contribution in [0.4, 0.5) is 4.39 Å². The summed E-state index contributed by atoms with van der Waals surface area (Å²) in [6.45, 7) is 3.28. The standard InChI is InChI=1S/C20H20FN3O/c21-18-6-4-17(5-7-18)20-15-23(12-13-25-20)14-16-2-8-19(9-3-16)24-11-1-10-22-24/h1-11,20H,12-15H2/t20-/m0/s1. The fourth-order valence-corrected chi connectivity index (χ4v) is 3.16. The number of nitrogens with zero attached hydrogens (tertiary/aromatic N) is 3. The Morgan fingerprint density at radius 1 is 1.08 bits per heavy atom. The van der Waals surface area contributed by atoms with E-state index in [-0.39, 0.29) is 11.9 Å². The molecule has 128 valence electrons. The third kappa shape index (κ3) is 3.78. The molecular weight excluding hydrogens is 317 g/mol. The van der Waals surface area contributed by atoms with Crippen LogP contribution in [0, 0.1) is 5.82 Å². The summed E-state index contributed by atoms with van der Waals surface area (Å²) >= 11 is 0. The van der Waals surface area contributed by atoms with E-state index in [2.05, 4.69) is 34.3 Å². The summed E-state index contributed by atoms with van der Waals surface area (Å²) in [6.07, 6.45) is 3.71. The van der Waals surface area contributed by atoms with Crippen molar-refractivity contribution >= 4 is 0 Å². The fraction of sp³-hybridized carbons (Fsp3) is 0.250. The molecule has 2 aromatic carbocycles. The zero-order valence-corrected chi connectivity index (χ0v) is 13.9. The van der Waals surface area contributed by atoms with E-state index in [0.717, 1.165) is 30.9 Å². The van der Waals surface area contributed by atoms with Gasteiger partial charge in [-0.3, -0.25) is 4.90 Å². The topological polar surface area (TPSA) is 30.3 Å². The summed E-state index contributed by atoms with van der Waals surface area (Å²) < 4.78 is 20.8. The van der Waals surface area contributed by atoms with Gasteiger partial charge in [-0.1, -0.05) is 24.3 Å². The number of hydrogen-bond donors (Lipinski definition) is 0. The van der Waals surface area contributed by atoms with Crippen LogP contribution >= 0.6 is 0 Å². The fourth-order valence-electron chi connectivity index (χ4n) is 3.16. The van der Waals surface area contributed by atoms with Crippen molar-refractivity contribution in [2.45, 2.75) is 12.6 Å². The van der Waals surface area contributed by atoms with Gasteiger partial charge in [-0.2, -0.15) is 5.10 Å². The molecule has 0 spiro atoms. The first-order valence-corrected chi connectivity index (χ1v) is 8.46. The molecule has 1 aliphatic heterocycles. The SMILES string of the molecule is Fc1ccc([C@@H]2CN(Cc3ccc(-n4cccn4)cc3)CCO2)cc1. The lowest BCUT2D eigenvalue weighted by molar-refractivity contribution is -0.0329. The van der Waals surface area contributed by atoms with Gasteiger partial charge in [0.1, 0.15) is 5.82 Å². The summed E-state index contributed by atoms with van der Waals surface area (Å²) in [6, 6.07) is 17.0. The minimum atomic E-state index is -0.214. The Balaban J connectivity index is 1.41. The maximum atomic E-state index is 13.1. The molecule has 1 aliphatic rings. The van der Waals surface area contributed by atoms with E-state index in [1.807, 2.05) is 29.1 Å². The van der Waals surface area contributed by atoms with Gasteiger partial charge in [-0.25, -0.2) is 9.07 Å². The van der Waals surface area contributed by atoms with Gasteiger partial charge in [0.2, 0.25) is 0 Å². The monoisotopic (exact) mass is 337 g/mol. The number of morpholine rings is 1. The van der Waals surface area contributed by atoms with E-state index in [4.69, 9.17) is 4.74 Å². The van der Waals surface area contributed by atoms with E-state index in [1.54, 1.807) is 6.20 Å². The Labute approximate surface area is 146 Å². The van der Waals surface area contributed by atoms with Gasteiger partial charge in [-0.05, 0) is 41.5 Å². The predicted molar refractivity (Wildman–Crippen MR) is 93.9 cm³/mol. The van der Waals surface area contributed by atoms with Crippen molar-refractivity contribution in [1.82, 2.24) is 14.7 Å². The number of rotatable bonds is 4. The second kappa shape index (κ2) is 7.17. The van der Waals surface area contributed by atoms with Crippen molar-refractivity contribution in [1.29, 1.82) is 0 Å². The largest absolute Gasteiger partial charge is 0.371 e. The van der Waals surface area contributed by atoms with Crippen molar-refractivity contribution in [2.24, 2.45) is 0 Å². The van der Waals surface area contributed by atoms with E-state index in [1.165, 1.54) is 17.7 Å². The van der Waals surface area contributed by atoms with Crippen LogP contribution in [-0.2, 0) is 11.3 Å². The molecule has 1 aromatic heterocycles. The summed E-state index contributed by atoms with van der Waals surface area (Å²) in [5, 5.41) is 4.24. The molecule has 0 aliphatic carbocycles. The van der Waals surface area contributed by atoms with Crippen molar-refractivity contribution in [3.8, 4) is 5.69 Å². The molecule has 1 saturated heterocycles. The van der Waals surface area contributed by atoms with Gasteiger partial charge < -0.3 is 4.74 Å². The Hall–Kier alpha value is -2.50. The van der Waals surface area contributed by atoms with Crippen molar-refractivity contribution in [2.75, 3.05) is 19.7 Å². The zero-order valence-electron chi connectivity index (χ0n) is 13.9. The minimum absolute atomic E-state index is 0.00213. The summed E-state index contributed by atoms with van der Waals surface area (Å²) in [7, 11) is 0. The van der Waals surface area contributed by atoms with Gasteiger partial charge in [0.15, 0.2) is 0 Å². The molecule has 1 atom stereocenters. The molecule has 0 radical (unpaired) electrons. The van der Waals surface area contributed by atoms with E-state index < -0.39 is 0 Å². The third-order valence-electron chi connectivity index (χ3n) is 4.50. The van der Waals surface area contributed by atoms with E-state index in [0.29, 0.717) is 6.61 Å². The number of aromatic nitrogens is 2. The molecular formula is C20H20FN3O. The first kappa shape index (κ1) is 16.0. The van der Waals surface area contributed by atoms with Gasteiger partial charge >= 0.3 is 0 Å². The molecule has 0 unspecified atom stereocenters. The number of halogens is 1. The van der Waals surface area contributed by atoms with Gasteiger partial charge in [0.25, 0.3) is 0 Å². The zero-order chi connectivity index (χ0) is 17.1. The first-order chi connectivity index (χ1) is 12.3. The molecule has 4 nitrogen and oxygen atoms in total. The van der Waals surface area contributed by atoms with Crippen LogP contribution in [0.15, 0.2) is 67.0 Å². The number of hydrogen-bond acceptors (Lipinski definition) is 3. The van der Waals surface area contributed by atoms with E-state index >= 15 is 0 Å². The summed E-state index contributed by atoms with van der Waals surface area (Å²) in [5.41, 5.74) is 3.34. The van der Waals surface area contributed by atoms with Gasteiger partial charge in [0.05, 0.1) is 18.4 Å². The van der Waals surface area contributed by atoms with Crippen LogP contribution in [0.25, 0.3) is 5.69 Å². The Morgan fingerprint density at radius 3 is 2.60 bits per heavy atom. The van der Waals surface area contributed by atoms with Crippen LogP contribution in [-0.4, -0.2) is 34.4 Å². The smallest absolute Gasteiger partial charge is 0.123 e. The maximum absolute atomic E-state index is 13.1. The number of benzene rings is 2. The Morgan fingerprint density at radius 2 is 1.88 bits per heavy atom. The molecule has 0 saturated carbocycles. The van der Waals surface area contributed by atoms with Gasteiger partial charge in [0, 0.05) is 32.0 Å². The normalized spacial score (nSPS) is 18.4. The Kier molecular flexibility index (Phi) is 4.59. The lowest BCUT2D eigenvalue weighted by atomic mass is 10.1. The molecule has 0 amide bonds. The summed E-state index contributed by atoms with van der Waals surface area (Å²) in [5.74, 6) is -0.214. The van der Waals surface area contributed by atoms with E-state index in [9.17, 15) is 4.39 Å². The highest BCUT2D eigenvalue weighted by molar-refractivity contribution is 5.33. The molecule has 4 rings (SSSR count). The van der Waals surface area contributed by atoms with Crippen molar-refractivity contribution < 1.29 is 9.13 Å². The van der Waals surface area contributed by atoms with Crippen LogP contribution in [0.5, 0.6) is 0 Å². The third-order valence-corrected chi connectivity index (χ3v) is 4.50.